The van der Waals surface area contributed by atoms with Crippen LogP contribution in [0.4, 0.5) is 14.9 Å². The van der Waals surface area contributed by atoms with E-state index in [1.54, 1.807) is 39.0 Å². The highest BCUT2D eigenvalue weighted by atomic mass is 19.1. The van der Waals surface area contributed by atoms with Crippen molar-refractivity contribution in [2.24, 2.45) is 0 Å². The van der Waals surface area contributed by atoms with Gasteiger partial charge in [-0.3, -0.25) is 9.59 Å². The third-order valence-electron chi connectivity index (χ3n) is 5.18. The largest absolute Gasteiger partial charge is 0.459 e. The summed E-state index contributed by atoms with van der Waals surface area (Å²) in [6.07, 6.45) is 1.65. The summed E-state index contributed by atoms with van der Waals surface area (Å²) in [5.74, 6) is -0.384. The molecule has 152 valence electrons. The lowest BCUT2D eigenvalue weighted by Gasteiger charge is -2.34. The Kier molecular flexibility index (Phi) is 5.20. The second kappa shape index (κ2) is 7.94. The fraction of sp³-hybridized carbons (Fsp3) is 0.350. The molecule has 0 saturated carbocycles. The predicted molar refractivity (Wildman–Crippen MR) is 102 cm³/mol. The Morgan fingerprint density at radius 1 is 1.03 bits per heavy atom. The molecule has 2 saturated heterocycles. The number of benzene rings is 1. The number of nitrogens with zero attached hydrogens (tertiary/aromatic N) is 3. The zero-order valence-corrected chi connectivity index (χ0v) is 15.7. The molecular formula is C20H21FN4O4. The Bertz CT molecular complexity index is 892. The third-order valence-corrected chi connectivity index (χ3v) is 5.18. The lowest BCUT2D eigenvalue weighted by Crippen LogP contribution is -2.54. The van der Waals surface area contributed by atoms with Crippen LogP contribution in [0.3, 0.4) is 0 Å². The highest BCUT2D eigenvalue weighted by Crippen LogP contribution is 2.22. The van der Waals surface area contributed by atoms with Crippen LogP contribution in [0.15, 0.2) is 47.1 Å². The van der Waals surface area contributed by atoms with Gasteiger partial charge in [-0.25, -0.2) is 9.18 Å². The van der Waals surface area contributed by atoms with Crippen molar-refractivity contribution in [2.75, 3.05) is 37.6 Å². The summed E-state index contributed by atoms with van der Waals surface area (Å²) in [6.45, 7) is 1.98. The molecule has 2 aliphatic rings. The Morgan fingerprint density at radius 2 is 1.72 bits per heavy atom. The Morgan fingerprint density at radius 3 is 2.38 bits per heavy atom. The number of furan rings is 1. The van der Waals surface area contributed by atoms with E-state index in [0.717, 1.165) is 0 Å². The molecule has 2 aliphatic heterocycles. The maximum Gasteiger partial charge on any atom is 0.317 e. The van der Waals surface area contributed by atoms with E-state index < -0.39 is 0 Å². The summed E-state index contributed by atoms with van der Waals surface area (Å²) in [5.41, 5.74) is 0.609. The monoisotopic (exact) mass is 400 g/mol. The van der Waals surface area contributed by atoms with E-state index in [1.165, 1.54) is 18.4 Å². The van der Waals surface area contributed by atoms with E-state index in [1.807, 2.05) is 0 Å². The number of rotatable bonds is 3. The molecule has 1 aromatic carbocycles. The molecule has 4 amide bonds. The number of amides is 4. The van der Waals surface area contributed by atoms with Gasteiger partial charge in [-0.15, -0.1) is 0 Å². The van der Waals surface area contributed by atoms with Gasteiger partial charge in [0.05, 0.1) is 12.3 Å². The minimum absolute atomic E-state index is 0.115. The fourth-order valence-corrected chi connectivity index (χ4v) is 3.61. The quantitative estimate of drug-likeness (QED) is 0.850. The van der Waals surface area contributed by atoms with Crippen LogP contribution in [-0.2, 0) is 4.79 Å². The number of halogens is 1. The van der Waals surface area contributed by atoms with Gasteiger partial charge in [-0.1, -0.05) is 0 Å². The van der Waals surface area contributed by atoms with Crippen molar-refractivity contribution in [3.05, 3.63) is 54.2 Å². The summed E-state index contributed by atoms with van der Waals surface area (Å²) >= 11 is 0. The fourth-order valence-electron chi connectivity index (χ4n) is 3.61. The first kappa shape index (κ1) is 19.0. The van der Waals surface area contributed by atoms with Crippen molar-refractivity contribution in [3.8, 4) is 0 Å². The maximum absolute atomic E-state index is 13.1. The Hall–Kier alpha value is -3.36. The van der Waals surface area contributed by atoms with E-state index in [2.05, 4.69) is 5.32 Å². The number of anilines is 1. The number of piperazine rings is 1. The van der Waals surface area contributed by atoms with Crippen LogP contribution in [0.2, 0.25) is 0 Å². The first-order chi connectivity index (χ1) is 14.0. The molecule has 0 aliphatic carbocycles. The molecule has 0 unspecified atom stereocenters. The summed E-state index contributed by atoms with van der Waals surface area (Å²) in [6, 6.07) is 8.41. The molecule has 1 N–H and O–H groups in total. The first-order valence-electron chi connectivity index (χ1n) is 9.45. The summed E-state index contributed by atoms with van der Waals surface area (Å²) < 4.78 is 18.2. The number of urea groups is 1. The molecule has 4 rings (SSSR count). The molecule has 1 atom stereocenters. The Balaban J connectivity index is 1.28. The summed E-state index contributed by atoms with van der Waals surface area (Å²) in [5, 5.41) is 2.89. The summed E-state index contributed by atoms with van der Waals surface area (Å²) in [7, 11) is 0. The highest BCUT2D eigenvalue weighted by molar-refractivity contribution is 5.96. The van der Waals surface area contributed by atoms with Crippen molar-refractivity contribution in [3.63, 3.8) is 0 Å². The molecule has 0 radical (unpaired) electrons. The molecule has 2 aromatic rings. The van der Waals surface area contributed by atoms with Gasteiger partial charge < -0.3 is 24.4 Å². The van der Waals surface area contributed by atoms with Gasteiger partial charge in [0.2, 0.25) is 5.91 Å². The molecular weight excluding hydrogens is 379 g/mol. The molecule has 8 nitrogen and oxygen atoms in total. The molecule has 1 aromatic heterocycles. The molecule has 29 heavy (non-hydrogen) atoms. The van der Waals surface area contributed by atoms with Crippen molar-refractivity contribution in [1.82, 2.24) is 15.1 Å². The lowest BCUT2D eigenvalue weighted by molar-refractivity contribution is -0.117. The van der Waals surface area contributed by atoms with Crippen LogP contribution in [0.5, 0.6) is 0 Å². The van der Waals surface area contributed by atoms with Gasteiger partial charge in [0.15, 0.2) is 5.76 Å². The average Bonchev–Trinajstić information content (AvgIpc) is 3.38. The van der Waals surface area contributed by atoms with Crippen molar-refractivity contribution >= 4 is 23.5 Å². The minimum Gasteiger partial charge on any atom is -0.459 e. The van der Waals surface area contributed by atoms with Crippen molar-refractivity contribution in [2.45, 2.75) is 12.5 Å². The van der Waals surface area contributed by atoms with Gasteiger partial charge in [0.1, 0.15) is 5.82 Å². The van der Waals surface area contributed by atoms with Crippen molar-refractivity contribution < 1.29 is 23.2 Å². The van der Waals surface area contributed by atoms with Gasteiger partial charge in [0, 0.05) is 44.8 Å². The van der Waals surface area contributed by atoms with Crippen molar-refractivity contribution in [1.29, 1.82) is 0 Å². The maximum atomic E-state index is 13.1. The topological polar surface area (TPSA) is 86.1 Å². The van der Waals surface area contributed by atoms with Gasteiger partial charge >= 0.3 is 6.03 Å². The van der Waals surface area contributed by atoms with E-state index in [0.29, 0.717) is 38.4 Å². The van der Waals surface area contributed by atoms with Crippen LogP contribution in [0.1, 0.15) is 17.0 Å². The molecule has 9 heteroatoms. The molecule has 0 bridgehead atoms. The van der Waals surface area contributed by atoms with E-state index in [-0.39, 0.29) is 41.9 Å². The minimum atomic E-state index is -0.366. The SMILES string of the molecule is O=C(N[C@@H]1CC(=O)N(c2ccc(F)cc2)C1)N1CCN(C(=O)c2ccco2)CC1. The number of carbonyl (C=O) groups excluding carboxylic acids is 3. The molecule has 3 heterocycles. The van der Waals surface area contributed by atoms with E-state index >= 15 is 0 Å². The number of hydrogen-bond acceptors (Lipinski definition) is 4. The zero-order valence-electron chi connectivity index (χ0n) is 15.7. The van der Waals surface area contributed by atoms with Gasteiger partial charge in [-0.2, -0.15) is 0 Å². The van der Waals surface area contributed by atoms with Gasteiger partial charge in [-0.05, 0) is 36.4 Å². The van der Waals surface area contributed by atoms with Gasteiger partial charge in [0.25, 0.3) is 5.91 Å². The molecule has 0 spiro atoms. The smallest absolute Gasteiger partial charge is 0.317 e. The number of carbonyl (C=O) groups is 3. The average molecular weight is 400 g/mol. The normalized spacial score (nSPS) is 19.6. The molecule has 2 fully saturated rings. The van der Waals surface area contributed by atoms with Crippen LogP contribution >= 0.6 is 0 Å². The zero-order chi connectivity index (χ0) is 20.4. The standard InChI is InChI=1S/C20H21FN4O4/c21-14-3-5-16(6-4-14)25-13-15(12-18(25)26)22-20(28)24-9-7-23(8-10-24)19(27)17-2-1-11-29-17/h1-6,11,15H,7-10,12-13H2,(H,22,28)/t15-/m1/s1. The highest BCUT2D eigenvalue weighted by Gasteiger charge is 2.33. The third kappa shape index (κ3) is 4.08. The second-order valence-electron chi connectivity index (χ2n) is 7.09. The van der Waals surface area contributed by atoms with E-state index in [4.69, 9.17) is 4.42 Å². The second-order valence-corrected chi connectivity index (χ2v) is 7.09. The van der Waals surface area contributed by atoms with Crippen LogP contribution in [0, 0.1) is 5.82 Å². The number of hydrogen-bond donors (Lipinski definition) is 1. The van der Waals surface area contributed by atoms with Crippen LogP contribution in [0.25, 0.3) is 0 Å². The summed E-state index contributed by atoms with van der Waals surface area (Å²) in [4.78, 5) is 42.0. The first-order valence-corrected chi connectivity index (χ1v) is 9.45. The predicted octanol–water partition coefficient (Wildman–Crippen LogP) is 1.69. The van der Waals surface area contributed by atoms with Crippen LogP contribution < -0.4 is 10.2 Å². The Labute approximate surface area is 166 Å². The lowest BCUT2D eigenvalue weighted by atomic mass is 10.2. The van der Waals surface area contributed by atoms with E-state index in [9.17, 15) is 18.8 Å². The number of nitrogens with one attached hydrogen (secondary N) is 1. The van der Waals surface area contributed by atoms with Crippen LogP contribution in [-0.4, -0.2) is 66.4 Å².